The van der Waals surface area contributed by atoms with Crippen molar-refractivity contribution >= 4 is 0 Å². The first-order valence-corrected chi connectivity index (χ1v) is 6.83. The van der Waals surface area contributed by atoms with Gasteiger partial charge in [0.25, 0.3) is 0 Å². The lowest BCUT2D eigenvalue weighted by Crippen LogP contribution is -2.54. The topological polar surface area (TPSA) is 24.1 Å². The molecule has 1 saturated carbocycles. The lowest BCUT2D eigenvalue weighted by Gasteiger charge is -2.43. The van der Waals surface area contributed by atoms with Gasteiger partial charge in [0, 0.05) is 18.1 Å². The maximum atomic E-state index is 3.82. The third-order valence-corrected chi connectivity index (χ3v) is 4.37. The molecule has 2 nitrogen and oxygen atoms in total. The van der Waals surface area contributed by atoms with E-state index in [2.05, 4.69) is 17.6 Å². The first-order valence-electron chi connectivity index (χ1n) is 6.83. The van der Waals surface area contributed by atoms with Crippen molar-refractivity contribution in [1.29, 1.82) is 0 Å². The molecule has 0 aromatic rings. The molecule has 0 spiro atoms. The van der Waals surface area contributed by atoms with Crippen molar-refractivity contribution in [3.05, 3.63) is 0 Å². The Hall–Kier alpha value is -0.0800. The van der Waals surface area contributed by atoms with Gasteiger partial charge in [-0.25, -0.2) is 0 Å². The van der Waals surface area contributed by atoms with Crippen molar-refractivity contribution in [2.75, 3.05) is 13.1 Å². The highest BCUT2D eigenvalue weighted by molar-refractivity contribution is 4.95. The van der Waals surface area contributed by atoms with Crippen LogP contribution in [0.1, 0.15) is 58.3 Å². The molecule has 2 heteroatoms. The molecule has 0 aromatic carbocycles. The average Bonchev–Trinajstić information content (AvgIpc) is 2.45. The highest BCUT2D eigenvalue weighted by Gasteiger charge is 2.34. The fourth-order valence-corrected chi connectivity index (χ4v) is 2.87. The zero-order valence-corrected chi connectivity index (χ0v) is 10.1. The molecule has 0 aromatic heterocycles. The van der Waals surface area contributed by atoms with Gasteiger partial charge in [-0.2, -0.15) is 0 Å². The van der Waals surface area contributed by atoms with E-state index in [-0.39, 0.29) is 0 Å². The fourth-order valence-electron chi connectivity index (χ4n) is 2.87. The van der Waals surface area contributed by atoms with Crippen molar-refractivity contribution < 1.29 is 0 Å². The van der Waals surface area contributed by atoms with E-state index in [1.54, 1.807) is 0 Å². The second kappa shape index (κ2) is 5.31. The van der Waals surface area contributed by atoms with E-state index in [4.69, 9.17) is 0 Å². The van der Waals surface area contributed by atoms with Crippen LogP contribution in [0, 0.1) is 0 Å². The Morgan fingerprint density at radius 2 is 2.07 bits per heavy atom. The van der Waals surface area contributed by atoms with E-state index in [1.807, 2.05) is 0 Å². The second-order valence-electron chi connectivity index (χ2n) is 5.37. The van der Waals surface area contributed by atoms with E-state index in [9.17, 15) is 0 Å². The first-order chi connectivity index (χ1) is 7.35. The van der Waals surface area contributed by atoms with Crippen LogP contribution in [0.3, 0.4) is 0 Å². The Balaban J connectivity index is 1.71. The van der Waals surface area contributed by atoms with E-state index in [0.717, 1.165) is 6.04 Å². The molecular weight excluding hydrogens is 184 g/mol. The molecule has 2 N–H and O–H groups in total. The molecule has 0 bridgehead atoms. The molecule has 1 aliphatic heterocycles. The standard InChI is InChI=1S/C13H26N2/c1-2-13(8-6-9-13)15-11-12-7-4-3-5-10-14-12/h12,14-15H,2-11H2,1H3. The average molecular weight is 210 g/mol. The van der Waals surface area contributed by atoms with Crippen molar-refractivity contribution in [1.82, 2.24) is 10.6 Å². The third kappa shape index (κ3) is 2.94. The molecule has 88 valence electrons. The highest BCUT2D eigenvalue weighted by Crippen LogP contribution is 2.34. The van der Waals surface area contributed by atoms with Crippen molar-refractivity contribution in [3.63, 3.8) is 0 Å². The molecule has 2 fully saturated rings. The van der Waals surface area contributed by atoms with E-state index >= 15 is 0 Å². The summed E-state index contributed by atoms with van der Waals surface area (Å²) < 4.78 is 0. The second-order valence-corrected chi connectivity index (χ2v) is 5.37. The summed E-state index contributed by atoms with van der Waals surface area (Å²) in [7, 11) is 0. The predicted molar refractivity (Wildman–Crippen MR) is 65.1 cm³/mol. The minimum atomic E-state index is 0.522. The van der Waals surface area contributed by atoms with Gasteiger partial charge >= 0.3 is 0 Å². The van der Waals surface area contributed by atoms with Gasteiger partial charge in [0.2, 0.25) is 0 Å². The molecule has 0 radical (unpaired) electrons. The van der Waals surface area contributed by atoms with E-state index in [1.165, 1.54) is 64.5 Å². The smallest absolute Gasteiger partial charge is 0.0192 e. The van der Waals surface area contributed by atoms with Gasteiger partial charge < -0.3 is 10.6 Å². The largest absolute Gasteiger partial charge is 0.313 e. The fraction of sp³-hybridized carbons (Fsp3) is 1.00. The van der Waals surface area contributed by atoms with Crippen molar-refractivity contribution in [2.24, 2.45) is 0 Å². The third-order valence-electron chi connectivity index (χ3n) is 4.37. The molecular formula is C13H26N2. The highest BCUT2D eigenvalue weighted by atomic mass is 15.0. The van der Waals surface area contributed by atoms with Gasteiger partial charge in [0.15, 0.2) is 0 Å². The van der Waals surface area contributed by atoms with Crippen LogP contribution < -0.4 is 10.6 Å². The van der Waals surface area contributed by atoms with Crippen molar-refractivity contribution in [2.45, 2.75) is 69.9 Å². The SMILES string of the molecule is CCC1(NCC2CCCCCN2)CCC1. The molecule has 0 amide bonds. The summed E-state index contributed by atoms with van der Waals surface area (Å²) >= 11 is 0. The Kier molecular flexibility index (Phi) is 4.04. The maximum Gasteiger partial charge on any atom is 0.0192 e. The molecule has 1 atom stereocenters. The van der Waals surface area contributed by atoms with E-state index in [0.29, 0.717) is 5.54 Å². The minimum absolute atomic E-state index is 0.522. The summed E-state index contributed by atoms with van der Waals surface area (Å²) in [5.41, 5.74) is 0.522. The summed E-state index contributed by atoms with van der Waals surface area (Å²) in [5, 5.41) is 7.48. The van der Waals surface area contributed by atoms with Crippen LogP contribution in [-0.4, -0.2) is 24.7 Å². The predicted octanol–water partition coefficient (Wildman–Crippen LogP) is 2.44. The monoisotopic (exact) mass is 210 g/mol. The lowest BCUT2D eigenvalue weighted by molar-refractivity contribution is 0.171. The molecule has 1 aliphatic carbocycles. The summed E-state index contributed by atoms with van der Waals surface area (Å²) in [6.45, 7) is 4.74. The van der Waals surface area contributed by atoms with Gasteiger partial charge in [-0.05, 0) is 45.1 Å². The quantitative estimate of drug-likeness (QED) is 0.745. The first kappa shape index (κ1) is 11.4. The molecule has 15 heavy (non-hydrogen) atoms. The normalized spacial score (nSPS) is 30.6. The van der Waals surface area contributed by atoms with Gasteiger partial charge in [-0.15, -0.1) is 0 Å². The number of nitrogens with one attached hydrogen (secondary N) is 2. The Morgan fingerprint density at radius 1 is 1.20 bits per heavy atom. The van der Waals surface area contributed by atoms with Crippen LogP contribution >= 0.6 is 0 Å². The van der Waals surface area contributed by atoms with Crippen molar-refractivity contribution in [3.8, 4) is 0 Å². The van der Waals surface area contributed by atoms with Gasteiger partial charge in [-0.1, -0.05) is 19.8 Å². The number of hydrogen-bond acceptors (Lipinski definition) is 2. The Bertz CT molecular complexity index is 173. The number of rotatable bonds is 4. The Morgan fingerprint density at radius 3 is 2.73 bits per heavy atom. The molecule has 1 unspecified atom stereocenters. The van der Waals surface area contributed by atoms with Crippen LogP contribution in [0.5, 0.6) is 0 Å². The Labute approximate surface area is 94.2 Å². The van der Waals surface area contributed by atoms with Crippen LogP contribution in [-0.2, 0) is 0 Å². The zero-order valence-electron chi connectivity index (χ0n) is 10.1. The van der Waals surface area contributed by atoms with Crippen LogP contribution in [0.2, 0.25) is 0 Å². The number of hydrogen-bond donors (Lipinski definition) is 2. The maximum absolute atomic E-state index is 3.82. The summed E-state index contributed by atoms with van der Waals surface area (Å²) in [6, 6.07) is 0.733. The van der Waals surface area contributed by atoms with Crippen LogP contribution in [0.15, 0.2) is 0 Å². The summed E-state index contributed by atoms with van der Waals surface area (Å²) in [5.74, 6) is 0. The van der Waals surface area contributed by atoms with Crippen LogP contribution in [0.25, 0.3) is 0 Å². The summed E-state index contributed by atoms with van der Waals surface area (Å²) in [4.78, 5) is 0. The zero-order chi connectivity index (χ0) is 10.6. The lowest BCUT2D eigenvalue weighted by atomic mass is 9.75. The summed E-state index contributed by atoms with van der Waals surface area (Å²) in [6.07, 6.45) is 11.1. The minimum Gasteiger partial charge on any atom is -0.313 e. The molecule has 2 rings (SSSR count). The van der Waals surface area contributed by atoms with E-state index < -0.39 is 0 Å². The molecule has 1 heterocycles. The van der Waals surface area contributed by atoms with Gasteiger partial charge in [0.05, 0.1) is 0 Å². The molecule has 2 aliphatic rings. The van der Waals surface area contributed by atoms with Crippen LogP contribution in [0.4, 0.5) is 0 Å². The van der Waals surface area contributed by atoms with Gasteiger partial charge in [-0.3, -0.25) is 0 Å². The van der Waals surface area contributed by atoms with Gasteiger partial charge in [0.1, 0.15) is 0 Å². The molecule has 1 saturated heterocycles.